The zero-order valence-corrected chi connectivity index (χ0v) is 17.0. The smallest absolute Gasteiger partial charge is 0.341 e. The van der Waals surface area contributed by atoms with E-state index in [1.54, 1.807) is 0 Å². The lowest BCUT2D eigenvalue weighted by Crippen LogP contribution is -2.33. The highest BCUT2D eigenvalue weighted by Crippen LogP contribution is 2.57. The molecule has 3 aromatic carbocycles. The SMILES string of the molecule is CCN(CC)c1cc(Cl)c2c(c1)C1(OC2=O)c2ccccc2Oc2ccccc21. The maximum absolute atomic E-state index is 13.0. The lowest BCUT2D eigenvalue weighted by molar-refractivity contribution is 0.0224. The first-order valence-corrected chi connectivity index (χ1v) is 10.2. The molecular weight excluding hydrogens is 386 g/mol. The molecule has 0 amide bonds. The van der Waals surface area contributed by atoms with Crippen molar-refractivity contribution in [3.8, 4) is 11.5 Å². The van der Waals surface area contributed by atoms with Crippen LogP contribution in [0, 0.1) is 0 Å². The van der Waals surface area contributed by atoms with Gasteiger partial charge in [-0.2, -0.15) is 0 Å². The number of para-hydroxylation sites is 2. The first-order chi connectivity index (χ1) is 14.1. The highest BCUT2D eigenvalue weighted by molar-refractivity contribution is 6.34. The molecule has 4 nitrogen and oxygen atoms in total. The summed E-state index contributed by atoms with van der Waals surface area (Å²) >= 11 is 6.63. The van der Waals surface area contributed by atoms with E-state index in [1.165, 1.54) is 0 Å². The number of carbonyl (C=O) groups excluding carboxylic acids is 1. The van der Waals surface area contributed by atoms with Gasteiger partial charge in [-0.25, -0.2) is 4.79 Å². The van der Waals surface area contributed by atoms with Crippen LogP contribution in [0.25, 0.3) is 0 Å². The molecule has 0 unspecified atom stereocenters. The van der Waals surface area contributed by atoms with Crippen LogP contribution < -0.4 is 9.64 Å². The summed E-state index contributed by atoms with van der Waals surface area (Å²) in [5.41, 5.74) is 2.69. The Balaban J connectivity index is 1.87. The molecule has 0 fully saturated rings. The Labute approximate surface area is 174 Å². The van der Waals surface area contributed by atoms with E-state index in [0.717, 1.165) is 35.5 Å². The predicted octanol–water partition coefficient (Wildman–Crippen LogP) is 5.75. The topological polar surface area (TPSA) is 38.8 Å². The third-order valence-electron chi connectivity index (χ3n) is 5.79. The summed E-state index contributed by atoms with van der Waals surface area (Å²) in [5.74, 6) is 0.940. The molecule has 1 spiro atoms. The van der Waals surface area contributed by atoms with Crippen LogP contribution in [0.3, 0.4) is 0 Å². The van der Waals surface area contributed by atoms with E-state index in [2.05, 4.69) is 18.7 Å². The number of halogens is 1. The van der Waals surface area contributed by atoms with Gasteiger partial charge in [0, 0.05) is 35.5 Å². The molecule has 3 aromatic rings. The number of rotatable bonds is 3. The van der Waals surface area contributed by atoms with E-state index >= 15 is 0 Å². The van der Waals surface area contributed by atoms with Crippen LogP contribution >= 0.6 is 11.6 Å². The van der Waals surface area contributed by atoms with Crippen molar-refractivity contribution in [2.24, 2.45) is 0 Å². The van der Waals surface area contributed by atoms with Crippen molar-refractivity contribution in [1.29, 1.82) is 0 Å². The van der Waals surface area contributed by atoms with Gasteiger partial charge >= 0.3 is 5.97 Å². The highest BCUT2D eigenvalue weighted by Gasteiger charge is 2.54. The third-order valence-corrected chi connectivity index (χ3v) is 6.08. The lowest BCUT2D eigenvalue weighted by Gasteiger charge is -2.36. The first kappa shape index (κ1) is 18.1. The van der Waals surface area contributed by atoms with E-state index < -0.39 is 11.6 Å². The van der Waals surface area contributed by atoms with Crippen molar-refractivity contribution in [2.45, 2.75) is 19.4 Å². The molecule has 2 aliphatic rings. The maximum atomic E-state index is 13.0. The normalized spacial score (nSPS) is 15.2. The number of benzene rings is 3. The Morgan fingerprint density at radius 1 is 0.897 bits per heavy atom. The largest absolute Gasteiger partial charge is 0.456 e. The molecule has 0 bridgehead atoms. The third kappa shape index (κ3) is 2.42. The Kier molecular flexibility index (Phi) is 4.07. The molecule has 29 heavy (non-hydrogen) atoms. The molecule has 0 N–H and O–H groups in total. The number of ether oxygens (including phenoxy) is 2. The molecule has 0 aliphatic carbocycles. The number of fused-ring (bicyclic) bond motifs is 6. The second-order valence-corrected chi connectivity index (χ2v) is 7.59. The fraction of sp³-hybridized carbons (Fsp3) is 0.208. The number of esters is 1. The standard InChI is InChI=1S/C24H20ClNO3/c1-3-26(4-2)15-13-18-22(19(25)14-15)23(27)29-24(18)16-9-5-7-11-20(16)28-21-12-8-6-10-17(21)24/h5-14H,3-4H2,1-2H3. The zero-order chi connectivity index (χ0) is 20.2. The van der Waals surface area contributed by atoms with Gasteiger partial charge in [0.1, 0.15) is 11.5 Å². The molecule has 0 saturated heterocycles. The highest BCUT2D eigenvalue weighted by atomic mass is 35.5. The van der Waals surface area contributed by atoms with Crippen molar-refractivity contribution in [1.82, 2.24) is 0 Å². The van der Waals surface area contributed by atoms with Gasteiger partial charge in [0.05, 0.1) is 10.6 Å². The van der Waals surface area contributed by atoms with Crippen LogP contribution in [0.15, 0.2) is 60.7 Å². The van der Waals surface area contributed by atoms with Crippen LogP contribution in [-0.2, 0) is 10.3 Å². The van der Waals surface area contributed by atoms with Crippen molar-refractivity contribution < 1.29 is 14.3 Å². The fourth-order valence-electron chi connectivity index (χ4n) is 4.45. The number of anilines is 1. The lowest BCUT2D eigenvalue weighted by atomic mass is 9.77. The quantitative estimate of drug-likeness (QED) is 0.520. The first-order valence-electron chi connectivity index (χ1n) is 9.79. The van der Waals surface area contributed by atoms with Gasteiger partial charge in [-0.15, -0.1) is 0 Å². The second-order valence-electron chi connectivity index (χ2n) is 7.19. The summed E-state index contributed by atoms with van der Waals surface area (Å²) in [4.78, 5) is 15.2. The van der Waals surface area contributed by atoms with E-state index in [9.17, 15) is 4.79 Å². The van der Waals surface area contributed by atoms with E-state index in [-0.39, 0.29) is 0 Å². The summed E-state index contributed by atoms with van der Waals surface area (Å²) in [6, 6.07) is 19.3. The molecule has 0 saturated carbocycles. The Hall–Kier alpha value is -2.98. The van der Waals surface area contributed by atoms with Gasteiger partial charge in [0.15, 0.2) is 5.60 Å². The van der Waals surface area contributed by atoms with E-state index in [4.69, 9.17) is 21.1 Å². The van der Waals surface area contributed by atoms with E-state index in [0.29, 0.717) is 22.1 Å². The van der Waals surface area contributed by atoms with Crippen LogP contribution in [0.4, 0.5) is 5.69 Å². The van der Waals surface area contributed by atoms with Gasteiger partial charge in [-0.05, 0) is 38.1 Å². The molecule has 0 aromatic heterocycles. The molecule has 5 heteroatoms. The monoisotopic (exact) mass is 405 g/mol. The molecular formula is C24H20ClNO3. The van der Waals surface area contributed by atoms with Gasteiger partial charge < -0.3 is 14.4 Å². The average Bonchev–Trinajstić information content (AvgIpc) is 3.03. The van der Waals surface area contributed by atoms with Crippen molar-refractivity contribution in [3.05, 3.63) is 87.9 Å². The summed E-state index contributed by atoms with van der Waals surface area (Å²) in [6.45, 7) is 5.87. The number of carbonyl (C=O) groups is 1. The molecule has 0 atom stereocenters. The fourth-order valence-corrected chi connectivity index (χ4v) is 4.74. The summed E-state index contributed by atoms with van der Waals surface area (Å²) in [5, 5.41) is 0.410. The van der Waals surface area contributed by atoms with Crippen LogP contribution in [0.2, 0.25) is 5.02 Å². The average molecular weight is 406 g/mol. The minimum atomic E-state index is -1.08. The molecule has 0 radical (unpaired) electrons. The van der Waals surface area contributed by atoms with Crippen LogP contribution in [0.5, 0.6) is 11.5 Å². The Bertz CT molecular complexity index is 1090. The maximum Gasteiger partial charge on any atom is 0.341 e. The Morgan fingerprint density at radius 2 is 1.48 bits per heavy atom. The van der Waals surface area contributed by atoms with Crippen LogP contribution in [-0.4, -0.2) is 19.1 Å². The van der Waals surface area contributed by atoms with E-state index in [1.807, 2.05) is 60.7 Å². The second kappa shape index (κ2) is 6.53. The van der Waals surface area contributed by atoms with Crippen molar-refractivity contribution in [3.63, 3.8) is 0 Å². The van der Waals surface area contributed by atoms with Gasteiger partial charge in [0.25, 0.3) is 0 Å². The minimum absolute atomic E-state index is 0.410. The number of hydrogen-bond donors (Lipinski definition) is 0. The van der Waals surface area contributed by atoms with Gasteiger partial charge in [-0.3, -0.25) is 0 Å². The number of hydrogen-bond acceptors (Lipinski definition) is 4. The molecule has 146 valence electrons. The zero-order valence-electron chi connectivity index (χ0n) is 16.2. The molecule has 5 rings (SSSR count). The summed E-state index contributed by atoms with van der Waals surface area (Å²) < 4.78 is 12.3. The molecule has 2 heterocycles. The van der Waals surface area contributed by atoms with Crippen LogP contribution in [0.1, 0.15) is 40.9 Å². The minimum Gasteiger partial charge on any atom is -0.456 e. The van der Waals surface area contributed by atoms with Crippen molar-refractivity contribution in [2.75, 3.05) is 18.0 Å². The number of nitrogens with zero attached hydrogens (tertiary/aromatic N) is 1. The predicted molar refractivity (Wildman–Crippen MR) is 113 cm³/mol. The molecule has 2 aliphatic heterocycles. The summed E-state index contributed by atoms with van der Waals surface area (Å²) in [7, 11) is 0. The van der Waals surface area contributed by atoms with Crippen molar-refractivity contribution >= 4 is 23.3 Å². The Morgan fingerprint density at radius 3 is 2.07 bits per heavy atom. The van der Waals surface area contributed by atoms with Gasteiger partial charge in [-0.1, -0.05) is 48.0 Å². The summed E-state index contributed by atoms with van der Waals surface area (Å²) in [6.07, 6.45) is 0. The van der Waals surface area contributed by atoms with Gasteiger partial charge in [0.2, 0.25) is 0 Å².